The molecule has 0 aliphatic rings. The molecular weight excluding hydrogens is 228 g/mol. The van der Waals surface area contributed by atoms with Crippen molar-refractivity contribution in [1.29, 1.82) is 0 Å². The van der Waals surface area contributed by atoms with E-state index in [4.69, 9.17) is 4.74 Å². The third-order valence-electron chi connectivity index (χ3n) is 2.75. The molecule has 0 fully saturated rings. The highest BCUT2D eigenvalue weighted by atomic mass is 16.5. The fourth-order valence-electron chi connectivity index (χ4n) is 1.72. The molecule has 0 amide bonds. The fourth-order valence-corrected chi connectivity index (χ4v) is 1.72. The number of imidazole rings is 1. The maximum absolute atomic E-state index is 11.3. The molecule has 1 aromatic heterocycles. The van der Waals surface area contributed by atoms with E-state index in [1.807, 2.05) is 22.9 Å². The van der Waals surface area contributed by atoms with Crippen LogP contribution in [-0.4, -0.2) is 15.3 Å². The number of nitrogens with zero attached hydrogens (tertiary/aromatic N) is 2. The van der Waals surface area contributed by atoms with Gasteiger partial charge in [-0.15, -0.1) is 0 Å². The van der Waals surface area contributed by atoms with Crippen molar-refractivity contribution in [2.75, 3.05) is 0 Å². The van der Waals surface area contributed by atoms with Crippen molar-refractivity contribution in [1.82, 2.24) is 9.55 Å². The lowest BCUT2D eigenvalue weighted by Gasteiger charge is -2.08. The first kappa shape index (κ1) is 12.4. The van der Waals surface area contributed by atoms with Gasteiger partial charge in [-0.2, -0.15) is 0 Å². The third kappa shape index (κ3) is 2.77. The van der Waals surface area contributed by atoms with Crippen LogP contribution in [0.2, 0.25) is 0 Å². The molecule has 2 aromatic rings. The monoisotopic (exact) mass is 244 g/mol. The minimum atomic E-state index is 0.0375. The largest absolute Gasteiger partial charge is 0.486 e. The number of benzene rings is 1. The Morgan fingerprint density at radius 2 is 2.28 bits per heavy atom. The summed E-state index contributed by atoms with van der Waals surface area (Å²) in [5, 5.41) is 0. The Balaban J connectivity index is 2.06. The normalized spacial score (nSPS) is 10.3. The van der Waals surface area contributed by atoms with E-state index in [-0.39, 0.29) is 5.78 Å². The molecule has 1 aromatic carbocycles. The van der Waals surface area contributed by atoms with Crippen LogP contribution in [-0.2, 0) is 13.2 Å². The smallest absolute Gasteiger partial charge is 0.159 e. The van der Waals surface area contributed by atoms with E-state index in [1.165, 1.54) is 0 Å². The van der Waals surface area contributed by atoms with Crippen LogP contribution in [0.25, 0.3) is 0 Å². The summed E-state index contributed by atoms with van der Waals surface area (Å²) in [6.07, 6.45) is 3.68. The molecule has 0 bridgehead atoms. The average Bonchev–Trinajstić information content (AvgIpc) is 2.84. The summed E-state index contributed by atoms with van der Waals surface area (Å²) in [6, 6.07) is 7.19. The molecule has 18 heavy (non-hydrogen) atoms. The predicted octanol–water partition coefficient (Wildman–Crippen LogP) is 2.68. The van der Waals surface area contributed by atoms with E-state index in [9.17, 15) is 4.79 Å². The summed E-state index contributed by atoms with van der Waals surface area (Å²) >= 11 is 0. The van der Waals surface area contributed by atoms with Gasteiger partial charge in [0.2, 0.25) is 0 Å². The van der Waals surface area contributed by atoms with Crippen molar-refractivity contribution in [3.8, 4) is 5.75 Å². The quantitative estimate of drug-likeness (QED) is 0.759. The zero-order valence-corrected chi connectivity index (χ0v) is 10.6. The number of ether oxygens (including phenoxy) is 1. The van der Waals surface area contributed by atoms with Gasteiger partial charge in [0.15, 0.2) is 5.78 Å². The molecule has 0 atom stereocenters. The molecule has 0 aliphatic heterocycles. The Morgan fingerprint density at radius 3 is 3.00 bits per heavy atom. The molecular formula is C14H16N2O2. The first-order valence-electron chi connectivity index (χ1n) is 5.94. The average molecular weight is 244 g/mol. The van der Waals surface area contributed by atoms with E-state index in [0.717, 1.165) is 12.4 Å². The summed E-state index contributed by atoms with van der Waals surface area (Å²) in [7, 11) is 0. The van der Waals surface area contributed by atoms with Crippen LogP contribution in [0.1, 0.15) is 30.0 Å². The highest BCUT2D eigenvalue weighted by Gasteiger charge is 2.04. The van der Waals surface area contributed by atoms with Crippen molar-refractivity contribution < 1.29 is 9.53 Å². The molecule has 0 saturated heterocycles. The van der Waals surface area contributed by atoms with Crippen LogP contribution >= 0.6 is 0 Å². The summed E-state index contributed by atoms with van der Waals surface area (Å²) in [4.78, 5) is 15.5. The van der Waals surface area contributed by atoms with Crippen LogP contribution in [0.5, 0.6) is 5.75 Å². The molecule has 94 valence electrons. The van der Waals surface area contributed by atoms with Crippen LogP contribution in [0.3, 0.4) is 0 Å². The predicted molar refractivity (Wildman–Crippen MR) is 68.7 cm³/mol. The molecule has 4 nitrogen and oxygen atoms in total. The van der Waals surface area contributed by atoms with Crippen LogP contribution in [0, 0.1) is 0 Å². The lowest BCUT2D eigenvalue weighted by molar-refractivity contribution is 0.101. The molecule has 0 N–H and O–H groups in total. The van der Waals surface area contributed by atoms with E-state index < -0.39 is 0 Å². The molecule has 0 unspecified atom stereocenters. The molecule has 0 radical (unpaired) electrons. The van der Waals surface area contributed by atoms with Gasteiger partial charge in [0, 0.05) is 24.5 Å². The van der Waals surface area contributed by atoms with Gasteiger partial charge in [-0.25, -0.2) is 4.98 Å². The number of aromatic nitrogens is 2. The summed E-state index contributed by atoms with van der Waals surface area (Å²) in [5.74, 6) is 1.61. The number of aryl methyl sites for hydroxylation is 1. The first-order chi connectivity index (χ1) is 8.70. The number of carbonyl (C=O) groups excluding carboxylic acids is 1. The summed E-state index contributed by atoms with van der Waals surface area (Å²) in [5.41, 5.74) is 0.659. The second-order valence-corrected chi connectivity index (χ2v) is 4.00. The Morgan fingerprint density at radius 1 is 1.44 bits per heavy atom. The van der Waals surface area contributed by atoms with Crippen molar-refractivity contribution in [2.24, 2.45) is 0 Å². The summed E-state index contributed by atoms with van der Waals surface area (Å²) in [6.45, 7) is 4.87. The highest BCUT2D eigenvalue weighted by Crippen LogP contribution is 2.15. The van der Waals surface area contributed by atoms with Gasteiger partial charge >= 0.3 is 0 Å². The molecule has 0 spiro atoms. The number of Topliss-reactive ketones (excluding diaryl/α,β-unsaturated/α-hetero) is 1. The standard InChI is InChI=1S/C14H16N2O2/c1-3-16-8-7-15-14(16)10-18-13-6-4-5-12(9-13)11(2)17/h4-9H,3,10H2,1-2H3. The zero-order valence-electron chi connectivity index (χ0n) is 10.6. The second kappa shape index (κ2) is 5.49. The van der Waals surface area contributed by atoms with Crippen LogP contribution < -0.4 is 4.74 Å². The van der Waals surface area contributed by atoms with Gasteiger partial charge in [0.1, 0.15) is 18.2 Å². The molecule has 0 saturated carbocycles. The lowest BCUT2D eigenvalue weighted by Crippen LogP contribution is -2.05. The lowest BCUT2D eigenvalue weighted by atomic mass is 10.1. The van der Waals surface area contributed by atoms with Gasteiger partial charge in [-0.3, -0.25) is 4.79 Å². The minimum absolute atomic E-state index is 0.0375. The topological polar surface area (TPSA) is 44.1 Å². The maximum atomic E-state index is 11.3. The van der Waals surface area contributed by atoms with Crippen molar-refractivity contribution in [2.45, 2.75) is 27.0 Å². The highest BCUT2D eigenvalue weighted by molar-refractivity contribution is 5.94. The van der Waals surface area contributed by atoms with E-state index in [1.54, 1.807) is 25.3 Å². The first-order valence-corrected chi connectivity index (χ1v) is 5.94. The van der Waals surface area contributed by atoms with E-state index in [2.05, 4.69) is 11.9 Å². The Bertz CT molecular complexity index is 546. The van der Waals surface area contributed by atoms with Gasteiger partial charge in [0.05, 0.1) is 0 Å². The SMILES string of the molecule is CCn1ccnc1COc1cccc(C(C)=O)c1. The van der Waals surface area contributed by atoms with Gasteiger partial charge in [0.25, 0.3) is 0 Å². The molecule has 4 heteroatoms. The van der Waals surface area contributed by atoms with E-state index >= 15 is 0 Å². The van der Waals surface area contributed by atoms with Crippen molar-refractivity contribution in [3.63, 3.8) is 0 Å². The number of rotatable bonds is 5. The van der Waals surface area contributed by atoms with Gasteiger partial charge < -0.3 is 9.30 Å². The van der Waals surface area contributed by atoms with Gasteiger partial charge in [-0.1, -0.05) is 12.1 Å². The maximum Gasteiger partial charge on any atom is 0.159 e. The summed E-state index contributed by atoms with van der Waals surface area (Å²) < 4.78 is 7.67. The fraction of sp³-hybridized carbons (Fsp3) is 0.286. The molecule has 2 rings (SSSR count). The number of carbonyl (C=O) groups is 1. The van der Waals surface area contributed by atoms with Crippen molar-refractivity contribution >= 4 is 5.78 Å². The van der Waals surface area contributed by atoms with Crippen LogP contribution in [0.4, 0.5) is 0 Å². The Hall–Kier alpha value is -2.10. The zero-order chi connectivity index (χ0) is 13.0. The minimum Gasteiger partial charge on any atom is -0.486 e. The second-order valence-electron chi connectivity index (χ2n) is 4.00. The van der Waals surface area contributed by atoms with Gasteiger partial charge in [-0.05, 0) is 26.0 Å². The molecule has 0 aliphatic carbocycles. The number of ketones is 1. The third-order valence-corrected chi connectivity index (χ3v) is 2.75. The molecule has 1 heterocycles. The Labute approximate surface area is 106 Å². The number of hydrogen-bond acceptors (Lipinski definition) is 3. The van der Waals surface area contributed by atoms with Crippen LogP contribution in [0.15, 0.2) is 36.7 Å². The number of hydrogen-bond donors (Lipinski definition) is 0. The van der Waals surface area contributed by atoms with E-state index in [0.29, 0.717) is 17.9 Å². The van der Waals surface area contributed by atoms with Crippen molar-refractivity contribution in [3.05, 3.63) is 48.0 Å². The Kier molecular flexibility index (Phi) is 3.77.